The molecule has 1 N–H and O–H groups in total. The van der Waals surface area contributed by atoms with Crippen LogP contribution in [0.15, 0.2) is 36.7 Å². The molecule has 2 rings (SSSR count). The zero-order valence-corrected chi connectivity index (χ0v) is 9.47. The smallest absolute Gasteiger partial charge is 0.207 e. The predicted octanol–water partition coefficient (Wildman–Crippen LogP) is 2.66. The molecular weight excluding hydrogens is 202 g/mol. The summed E-state index contributed by atoms with van der Waals surface area (Å²) in [4.78, 5) is 4.25. The third-order valence-corrected chi connectivity index (χ3v) is 2.41. The van der Waals surface area contributed by atoms with E-state index in [1.165, 1.54) is 0 Å². The number of hydrogen-bond donors (Lipinski definition) is 1. The number of nitrogens with zero attached hydrogens (tertiary/aromatic N) is 2. The minimum Gasteiger partial charge on any atom is -0.495 e. The Kier molecular flexibility index (Phi) is 3.10. The Morgan fingerprint density at radius 1 is 1.38 bits per heavy atom. The topological polar surface area (TPSA) is 39.1 Å². The predicted molar refractivity (Wildman–Crippen MR) is 64.2 cm³/mol. The molecule has 4 nitrogen and oxygen atoms in total. The van der Waals surface area contributed by atoms with Crippen molar-refractivity contribution in [2.24, 2.45) is 0 Å². The molecule has 4 heteroatoms. The van der Waals surface area contributed by atoms with Gasteiger partial charge in [-0.3, -0.25) is 0 Å². The van der Waals surface area contributed by atoms with Crippen LogP contribution in [0.25, 0.3) is 0 Å². The maximum Gasteiger partial charge on any atom is 0.207 e. The maximum absolute atomic E-state index is 5.27. The van der Waals surface area contributed by atoms with Crippen LogP contribution in [-0.4, -0.2) is 16.7 Å². The summed E-state index contributed by atoms with van der Waals surface area (Å²) in [6.07, 6.45) is 3.72. The normalized spacial score (nSPS) is 10.1. The molecule has 1 heterocycles. The summed E-state index contributed by atoms with van der Waals surface area (Å²) in [7, 11) is 1.66. The minimum atomic E-state index is 0.813. The molecule has 1 aromatic heterocycles. The summed E-state index contributed by atoms with van der Waals surface area (Å²) in [5.41, 5.74) is 0.922. The quantitative estimate of drug-likeness (QED) is 0.855. The number of aryl methyl sites for hydroxylation is 1. The van der Waals surface area contributed by atoms with E-state index < -0.39 is 0 Å². The van der Waals surface area contributed by atoms with Crippen molar-refractivity contribution in [3.8, 4) is 5.75 Å². The van der Waals surface area contributed by atoms with Gasteiger partial charge in [-0.25, -0.2) is 4.98 Å². The zero-order chi connectivity index (χ0) is 11.4. The Labute approximate surface area is 94.9 Å². The van der Waals surface area contributed by atoms with Gasteiger partial charge in [0.2, 0.25) is 5.95 Å². The highest BCUT2D eigenvalue weighted by atomic mass is 16.5. The average molecular weight is 217 g/mol. The van der Waals surface area contributed by atoms with E-state index in [1.807, 2.05) is 35.0 Å². The van der Waals surface area contributed by atoms with E-state index in [1.54, 1.807) is 13.3 Å². The molecule has 0 radical (unpaired) electrons. The van der Waals surface area contributed by atoms with Crippen LogP contribution in [0.5, 0.6) is 5.75 Å². The zero-order valence-electron chi connectivity index (χ0n) is 9.47. The SMILES string of the molecule is CCn1ccnc1Nc1ccccc1OC. The molecule has 0 atom stereocenters. The fraction of sp³-hybridized carbons (Fsp3) is 0.250. The third-order valence-electron chi connectivity index (χ3n) is 2.41. The molecule has 0 aliphatic carbocycles. The number of methoxy groups -OCH3 is 1. The van der Waals surface area contributed by atoms with Crippen molar-refractivity contribution in [1.29, 1.82) is 0 Å². The van der Waals surface area contributed by atoms with Crippen LogP contribution in [-0.2, 0) is 6.54 Å². The first-order valence-corrected chi connectivity index (χ1v) is 5.26. The van der Waals surface area contributed by atoms with Crippen molar-refractivity contribution in [3.05, 3.63) is 36.7 Å². The highest BCUT2D eigenvalue weighted by Crippen LogP contribution is 2.26. The van der Waals surface area contributed by atoms with E-state index >= 15 is 0 Å². The molecule has 84 valence electrons. The van der Waals surface area contributed by atoms with E-state index in [0.29, 0.717) is 0 Å². The van der Waals surface area contributed by atoms with Gasteiger partial charge in [0.15, 0.2) is 0 Å². The second-order valence-electron chi connectivity index (χ2n) is 3.36. The number of rotatable bonds is 4. The summed E-state index contributed by atoms with van der Waals surface area (Å²) in [6.45, 7) is 2.96. The van der Waals surface area contributed by atoms with Crippen LogP contribution >= 0.6 is 0 Å². The van der Waals surface area contributed by atoms with E-state index in [0.717, 1.165) is 23.9 Å². The Bertz CT molecular complexity index is 465. The van der Waals surface area contributed by atoms with Gasteiger partial charge in [0.05, 0.1) is 12.8 Å². The summed E-state index contributed by atoms with van der Waals surface area (Å²) in [5.74, 6) is 1.64. The second kappa shape index (κ2) is 4.70. The van der Waals surface area contributed by atoms with Gasteiger partial charge < -0.3 is 14.6 Å². The number of ether oxygens (including phenoxy) is 1. The van der Waals surface area contributed by atoms with Gasteiger partial charge in [0, 0.05) is 18.9 Å². The van der Waals surface area contributed by atoms with Gasteiger partial charge in [-0.1, -0.05) is 12.1 Å². The first-order chi connectivity index (χ1) is 7.85. The van der Waals surface area contributed by atoms with Crippen LogP contribution in [0.2, 0.25) is 0 Å². The molecule has 0 amide bonds. The largest absolute Gasteiger partial charge is 0.495 e. The monoisotopic (exact) mass is 217 g/mol. The number of imidazole rings is 1. The number of aromatic nitrogens is 2. The van der Waals surface area contributed by atoms with Gasteiger partial charge in [-0.2, -0.15) is 0 Å². The van der Waals surface area contributed by atoms with Gasteiger partial charge in [-0.15, -0.1) is 0 Å². The first-order valence-electron chi connectivity index (χ1n) is 5.26. The van der Waals surface area contributed by atoms with Crippen molar-refractivity contribution in [2.45, 2.75) is 13.5 Å². The lowest BCUT2D eigenvalue weighted by atomic mass is 10.3. The van der Waals surface area contributed by atoms with E-state index in [9.17, 15) is 0 Å². The average Bonchev–Trinajstić information content (AvgIpc) is 2.77. The summed E-state index contributed by atoms with van der Waals surface area (Å²) in [6, 6.07) is 7.79. The molecule has 0 bridgehead atoms. The third kappa shape index (κ3) is 2.00. The van der Waals surface area contributed by atoms with E-state index in [-0.39, 0.29) is 0 Å². The van der Waals surface area contributed by atoms with Crippen molar-refractivity contribution in [2.75, 3.05) is 12.4 Å². The highest BCUT2D eigenvalue weighted by molar-refractivity contribution is 5.62. The molecule has 0 aliphatic heterocycles. The van der Waals surface area contributed by atoms with Crippen LogP contribution in [0.1, 0.15) is 6.92 Å². The first kappa shape index (κ1) is 10.5. The molecule has 0 unspecified atom stereocenters. The lowest BCUT2D eigenvalue weighted by Gasteiger charge is -2.11. The summed E-state index contributed by atoms with van der Waals surface area (Å²) in [5, 5.41) is 3.25. The lowest BCUT2D eigenvalue weighted by molar-refractivity contribution is 0.416. The molecular formula is C12H15N3O. The van der Waals surface area contributed by atoms with Crippen LogP contribution in [0.3, 0.4) is 0 Å². The van der Waals surface area contributed by atoms with Crippen LogP contribution in [0, 0.1) is 0 Å². The number of benzene rings is 1. The van der Waals surface area contributed by atoms with Crippen LogP contribution < -0.4 is 10.1 Å². The van der Waals surface area contributed by atoms with Crippen LogP contribution in [0.4, 0.5) is 11.6 Å². The fourth-order valence-electron chi connectivity index (χ4n) is 1.56. The molecule has 0 fully saturated rings. The molecule has 0 saturated carbocycles. The Morgan fingerprint density at radius 3 is 2.94 bits per heavy atom. The number of para-hydroxylation sites is 2. The lowest BCUT2D eigenvalue weighted by Crippen LogP contribution is -2.02. The van der Waals surface area contributed by atoms with Crippen molar-refractivity contribution >= 4 is 11.6 Å². The number of hydrogen-bond acceptors (Lipinski definition) is 3. The van der Waals surface area contributed by atoms with Crippen molar-refractivity contribution in [1.82, 2.24) is 9.55 Å². The molecule has 0 spiro atoms. The second-order valence-corrected chi connectivity index (χ2v) is 3.36. The maximum atomic E-state index is 5.27. The van der Waals surface area contributed by atoms with Gasteiger partial charge in [0.25, 0.3) is 0 Å². The number of anilines is 2. The van der Waals surface area contributed by atoms with Gasteiger partial charge in [0.1, 0.15) is 5.75 Å². The fourth-order valence-corrected chi connectivity index (χ4v) is 1.56. The molecule has 0 saturated heterocycles. The summed E-state index contributed by atoms with van der Waals surface area (Å²) < 4.78 is 7.30. The van der Waals surface area contributed by atoms with E-state index in [2.05, 4.69) is 17.2 Å². The standard InChI is InChI=1S/C12H15N3O/c1-3-15-9-8-13-12(15)14-10-6-4-5-7-11(10)16-2/h4-9H,3H2,1-2H3,(H,13,14). The van der Waals surface area contributed by atoms with Crippen molar-refractivity contribution in [3.63, 3.8) is 0 Å². The van der Waals surface area contributed by atoms with Crippen molar-refractivity contribution < 1.29 is 4.74 Å². The molecule has 1 aromatic carbocycles. The van der Waals surface area contributed by atoms with Gasteiger partial charge >= 0.3 is 0 Å². The van der Waals surface area contributed by atoms with E-state index in [4.69, 9.17) is 4.74 Å². The molecule has 2 aromatic rings. The Hall–Kier alpha value is -1.97. The summed E-state index contributed by atoms with van der Waals surface area (Å²) >= 11 is 0. The molecule has 0 aliphatic rings. The Morgan fingerprint density at radius 2 is 2.19 bits per heavy atom. The minimum absolute atomic E-state index is 0.813. The number of nitrogens with one attached hydrogen (secondary N) is 1. The Balaban J connectivity index is 2.26. The highest BCUT2D eigenvalue weighted by Gasteiger charge is 2.05. The molecule has 16 heavy (non-hydrogen) atoms. The van der Waals surface area contributed by atoms with Gasteiger partial charge in [-0.05, 0) is 19.1 Å².